The van der Waals surface area contributed by atoms with Crippen LogP contribution in [0, 0.1) is 0 Å². The summed E-state index contributed by atoms with van der Waals surface area (Å²) in [6, 6.07) is 8.26. The van der Waals surface area contributed by atoms with Crippen molar-refractivity contribution in [2.24, 2.45) is 5.73 Å². The maximum Gasteiger partial charge on any atom is 0.118 e. The molecule has 4 nitrogen and oxygen atoms in total. The molecule has 2 N–H and O–H groups in total. The second-order valence-electron chi connectivity index (χ2n) is 5.36. The molecule has 1 aromatic carbocycles. The molecule has 0 radical (unpaired) electrons. The average molecular weight is 259 g/mol. The average Bonchev–Trinajstić information content (AvgIpc) is 2.87. The lowest BCUT2D eigenvalue weighted by atomic mass is 10.0. The smallest absolute Gasteiger partial charge is 0.118 e. The lowest BCUT2D eigenvalue weighted by Crippen LogP contribution is -2.32. The number of nitrogens with zero attached hydrogens (tertiary/aromatic N) is 2. The van der Waals surface area contributed by atoms with Crippen molar-refractivity contribution < 1.29 is 4.74 Å². The summed E-state index contributed by atoms with van der Waals surface area (Å²) in [5, 5.41) is 0. The third-order valence-corrected chi connectivity index (χ3v) is 3.34. The minimum Gasteiger partial charge on any atom is -0.497 e. The number of rotatable bonds is 4. The zero-order valence-corrected chi connectivity index (χ0v) is 11.9. The van der Waals surface area contributed by atoms with E-state index in [1.807, 2.05) is 38.5 Å². The third-order valence-electron chi connectivity index (χ3n) is 3.34. The highest BCUT2D eigenvalue weighted by Crippen LogP contribution is 2.25. The number of imidazole rings is 1. The van der Waals surface area contributed by atoms with Gasteiger partial charge in [-0.15, -0.1) is 0 Å². The number of hydrogen-bond donors (Lipinski definition) is 1. The number of hydrogen-bond acceptors (Lipinski definition) is 3. The minimum absolute atomic E-state index is 0.186. The van der Waals surface area contributed by atoms with Gasteiger partial charge in [-0.1, -0.05) is 12.1 Å². The fraction of sp³-hybridized carbons (Fsp3) is 0.400. The summed E-state index contributed by atoms with van der Waals surface area (Å²) in [7, 11) is 1.67. The molecule has 0 spiro atoms. The molecule has 1 unspecified atom stereocenters. The molecule has 2 rings (SSSR count). The molecule has 0 saturated carbocycles. The van der Waals surface area contributed by atoms with Crippen LogP contribution in [0.15, 0.2) is 36.8 Å². The molecule has 4 heteroatoms. The number of benzene rings is 1. The lowest BCUT2D eigenvalue weighted by molar-refractivity contribution is 0.414. The van der Waals surface area contributed by atoms with E-state index in [2.05, 4.69) is 28.6 Å². The third kappa shape index (κ3) is 2.79. The van der Waals surface area contributed by atoms with E-state index in [0.29, 0.717) is 0 Å². The summed E-state index contributed by atoms with van der Waals surface area (Å²) in [6.45, 7) is 6.11. The highest BCUT2D eigenvalue weighted by Gasteiger charge is 2.22. The summed E-state index contributed by atoms with van der Waals surface area (Å²) in [5.41, 5.74) is 8.00. The monoisotopic (exact) mass is 259 g/mol. The largest absolute Gasteiger partial charge is 0.497 e. The Labute approximate surface area is 114 Å². The van der Waals surface area contributed by atoms with E-state index < -0.39 is 5.54 Å². The summed E-state index contributed by atoms with van der Waals surface area (Å²) >= 11 is 0. The molecular weight excluding hydrogens is 238 g/mol. The zero-order chi connectivity index (χ0) is 14.0. The maximum atomic E-state index is 6.18. The van der Waals surface area contributed by atoms with Gasteiger partial charge in [-0.05, 0) is 38.5 Å². The standard InChI is InChI=1S/C15H21N3O/c1-11(12-5-7-13(19-4)8-6-12)18-10-17-9-14(18)15(2,3)16/h5-11H,16H2,1-4H3. The first-order valence-corrected chi connectivity index (χ1v) is 6.38. The number of methoxy groups -OCH3 is 1. The van der Waals surface area contributed by atoms with Crippen LogP contribution >= 0.6 is 0 Å². The van der Waals surface area contributed by atoms with E-state index in [-0.39, 0.29) is 6.04 Å². The first-order valence-electron chi connectivity index (χ1n) is 6.38. The molecular formula is C15H21N3O. The summed E-state index contributed by atoms with van der Waals surface area (Å²) in [5.74, 6) is 0.862. The van der Waals surface area contributed by atoms with Crippen molar-refractivity contribution >= 4 is 0 Å². The zero-order valence-electron chi connectivity index (χ0n) is 11.9. The lowest BCUT2D eigenvalue weighted by Gasteiger charge is -2.24. The highest BCUT2D eigenvalue weighted by atomic mass is 16.5. The van der Waals surface area contributed by atoms with Gasteiger partial charge in [0.1, 0.15) is 5.75 Å². The van der Waals surface area contributed by atoms with Crippen molar-refractivity contribution in [1.29, 1.82) is 0 Å². The van der Waals surface area contributed by atoms with Crippen LogP contribution in [-0.2, 0) is 5.54 Å². The van der Waals surface area contributed by atoms with E-state index in [1.54, 1.807) is 7.11 Å². The van der Waals surface area contributed by atoms with Gasteiger partial charge >= 0.3 is 0 Å². The maximum absolute atomic E-state index is 6.18. The molecule has 1 aromatic heterocycles. The SMILES string of the molecule is COc1ccc(C(C)n2cncc2C(C)(C)N)cc1. The van der Waals surface area contributed by atoms with Crippen LogP contribution in [0.1, 0.15) is 38.1 Å². The van der Waals surface area contributed by atoms with Gasteiger partial charge < -0.3 is 15.0 Å². The van der Waals surface area contributed by atoms with Crippen molar-refractivity contribution in [2.75, 3.05) is 7.11 Å². The Kier molecular flexibility index (Phi) is 3.62. The summed E-state index contributed by atoms with van der Waals surface area (Å²) in [6.07, 6.45) is 3.67. The Morgan fingerprint density at radius 2 is 1.89 bits per heavy atom. The first kappa shape index (κ1) is 13.6. The van der Waals surface area contributed by atoms with Crippen LogP contribution in [-0.4, -0.2) is 16.7 Å². The van der Waals surface area contributed by atoms with Crippen LogP contribution in [0.2, 0.25) is 0 Å². The molecule has 0 aliphatic heterocycles. The second kappa shape index (κ2) is 5.05. The summed E-state index contributed by atoms with van der Waals surface area (Å²) in [4.78, 5) is 4.23. The van der Waals surface area contributed by atoms with Crippen molar-refractivity contribution in [3.8, 4) is 5.75 Å². The Morgan fingerprint density at radius 3 is 2.42 bits per heavy atom. The topological polar surface area (TPSA) is 53.1 Å². The predicted octanol–water partition coefficient (Wildman–Crippen LogP) is 2.69. The van der Waals surface area contributed by atoms with E-state index >= 15 is 0 Å². The van der Waals surface area contributed by atoms with Gasteiger partial charge in [-0.3, -0.25) is 0 Å². The Balaban J connectivity index is 2.33. The van der Waals surface area contributed by atoms with Gasteiger partial charge in [0, 0.05) is 0 Å². The van der Waals surface area contributed by atoms with Gasteiger partial charge in [0.15, 0.2) is 0 Å². The highest BCUT2D eigenvalue weighted by molar-refractivity contribution is 5.30. The Hall–Kier alpha value is -1.81. The van der Waals surface area contributed by atoms with E-state index in [0.717, 1.165) is 11.4 Å². The van der Waals surface area contributed by atoms with Crippen LogP contribution < -0.4 is 10.5 Å². The number of aromatic nitrogens is 2. The first-order chi connectivity index (χ1) is 8.93. The molecule has 0 amide bonds. The van der Waals surface area contributed by atoms with E-state index in [4.69, 9.17) is 10.5 Å². The predicted molar refractivity (Wildman–Crippen MR) is 76.2 cm³/mol. The number of ether oxygens (including phenoxy) is 1. The Morgan fingerprint density at radius 1 is 1.26 bits per heavy atom. The van der Waals surface area contributed by atoms with Crippen LogP contribution in [0.3, 0.4) is 0 Å². The van der Waals surface area contributed by atoms with Gasteiger partial charge in [0.2, 0.25) is 0 Å². The fourth-order valence-electron chi connectivity index (χ4n) is 2.16. The minimum atomic E-state index is -0.406. The van der Waals surface area contributed by atoms with Gasteiger partial charge in [0.25, 0.3) is 0 Å². The van der Waals surface area contributed by atoms with Gasteiger partial charge in [-0.2, -0.15) is 0 Å². The van der Waals surface area contributed by atoms with E-state index in [9.17, 15) is 0 Å². The van der Waals surface area contributed by atoms with Gasteiger partial charge in [-0.25, -0.2) is 4.98 Å². The van der Waals surface area contributed by atoms with Crippen LogP contribution in [0.4, 0.5) is 0 Å². The molecule has 1 atom stereocenters. The molecule has 19 heavy (non-hydrogen) atoms. The quantitative estimate of drug-likeness (QED) is 0.918. The molecule has 0 aliphatic rings. The van der Waals surface area contributed by atoms with Gasteiger partial charge in [0.05, 0.1) is 36.9 Å². The molecule has 0 aliphatic carbocycles. The molecule has 0 bridgehead atoms. The molecule has 1 heterocycles. The van der Waals surface area contributed by atoms with Crippen LogP contribution in [0.5, 0.6) is 5.75 Å². The van der Waals surface area contributed by atoms with Crippen molar-refractivity contribution in [2.45, 2.75) is 32.4 Å². The molecule has 102 valence electrons. The molecule has 0 saturated heterocycles. The second-order valence-corrected chi connectivity index (χ2v) is 5.36. The fourth-order valence-corrected chi connectivity index (χ4v) is 2.16. The van der Waals surface area contributed by atoms with Crippen molar-refractivity contribution in [3.05, 3.63) is 48.0 Å². The van der Waals surface area contributed by atoms with Crippen molar-refractivity contribution in [1.82, 2.24) is 9.55 Å². The van der Waals surface area contributed by atoms with Crippen LogP contribution in [0.25, 0.3) is 0 Å². The molecule has 2 aromatic rings. The normalized spacial score (nSPS) is 13.3. The van der Waals surface area contributed by atoms with E-state index in [1.165, 1.54) is 5.56 Å². The molecule has 0 fully saturated rings. The van der Waals surface area contributed by atoms with Crippen molar-refractivity contribution in [3.63, 3.8) is 0 Å². The number of nitrogens with two attached hydrogens (primary N) is 1. The summed E-state index contributed by atoms with van der Waals surface area (Å²) < 4.78 is 7.29. The Bertz CT molecular complexity index is 537.